The fourth-order valence-corrected chi connectivity index (χ4v) is 3.24. The molecule has 0 radical (unpaired) electrons. The molecule has 2 amide bonds. The van der Waals surface area contributed by atoms with Gasteiger partial charge in [-0.1, -0.05) is 30.3 Å². The largest absolute Gasteiger partial charge is 0.482 e. The van der Waals surface area contributed by atoms with Crippen molar-refractivity contribution in [1.29, 1.82) is 0 Å². The summed E-state index contributed by atoms with van der Waals surface area (Å²) in [5.74, 6) is -0.885. The number of hydrogen-bond acceptors (Lipinski definition) is 3. The molecule has 0 bridgehead atoms. The molecule has 0 spiro atoms. The lowest BCUT2D eigenvalue weighted by Gasteiger charge is -2.30. The molecule has 0 aliphatic carbocycles. The van der Waals surface area contributed by atoms with Crippen LogP contribution >= 0.6 is 0 Å². The fraction of sp³-hybridized carbons (Fsp3) is 0.130. The molecule has 0 saturated carbocycles. The Morgan fingerprint density at radius 1 is 1.03 bits per heavy atom. The Morgan fingerprint density at radius 2 is 1.80 bits per heavy atom. The van der Waals surface area contributed by atoms with E-state index in [2.05, 4.69) is 5.32 Å². The number of benzene rings is 3. The summed E-state index contributed by atoms with van der Waals surface area (Å²) in [6.07, 6.45) is 0.0751. The van der Waals surface area contributed by atoms with Crippen molar-refractivity contribution in [1.82, 2.24) is 0 Å². The molecule has 7 heteroatoms. The highest BCUT2D eigenvalue weighted by Crippen LogP contribution is 2.35. The molecule has 0 atom stereocenters. The van der Waals surface area contributed by atoms with Crippen molar-refractivity contribution in [2.24, 2.45) is 0 Å². The van der Waals surface area contributed by atoms with Crippen molar-refractivity contribution >= 4 is 23.2 Å². The molecule has 1 N–H and O–H groups in total. The van der Waals surface area contributed by atoms with Gasteiger partial charge in [0.05, 0.1) is 18.7 Å². The average Bonchev–Trinajstić information content (AvgIpc) is 2.73. The highest BCUT2D eigenvalue weighted by Gasteiger charge is 2.27. The lowest BCUT2D eigenvalue weighted by atomic mass is 10.1. The van der Waals surface area contributed by atoms with Gasteiger partial charge in [-0.2, -0.15) is 0 Å². The van der Waals surface area contributed by atoms with Crippen molar-refractivity contribution in [2.45, 2.75) is 13.0 Å². The summed E-state index contributed by atoms with van der Waals surface area (Å²) in [7, 11) is 0. The van der Waals surface area contributed by atoms with E-state index < -0.39 is 5.82 Å². The summed E-state index contributed by atoms with van der Waals surface area (Å²) < 4.78 is 32.6. The monoisotopic (exact) mass is 408 g/mol. The van der Waals surface area contributed by atoms with E-state index in [1.807, 2.05) is 0 Å². The first-order valence-corrected chi connectivity index (χ1v) is 9.34. The number of ether oxygens (including phenoxy) is 1. The van der Waals surface area contributed by atoms with Crippen molar-refractivity contribution < 1.29 is 23.1 Å². The van der Waals surface area contributed by atoms with Crippen LogP contribution in [0.3, 0.4) is 0 Å². The van der Waals surface area contributed by atoms with E-state index in [1.165, 1.54) is 23.1 Å². The van der Waals surface area contributed by atoms with Crippen LogP contribution in [-0.2, 0) is 22.6 Å². The van der Waals surface area contributed by atoms with Gasteiger partial charge >= 0.3 is 0 Å². The van der Waals surface area contributed by atoms with Gasteiger partial charge in [0.1, 0.15) is 17.4 Å². The third-order valence-electron chi connectivity index (χ3n) is 4.75. The topological polar surface area (TPSA) is 58.6 Å². The Bertz CT molecular complexity index is 1100. The lowest BCUT2D eigenvalue weighted by molar-refractivity contribution is -0.121. The first-order valence-electron chi connectivity index (χ1n) is 9.34. The number of rotatable bonds is 5. The van der Waals surface area contributed by atoms with E-state index in [0.29, 0.717) is 28.3 Å². The predicted molar refractivity (Wildman–Crippen MR) is 108 cm³/mol. The van der Waals surface area contributed by atoms with Gasteiger partial charge in [0, 0.05) is 11.3 Å². The van der Waals surface area contributed by atoms with Crippen molar-refractivity contribution in [3.05, 3.63) is 89.5 Å². The van der Waals surface area contributed by atoms with Crippen molar-refractivity contribution in [3.8, 4) is 5.75 Å². The highest BCUT2D eigenvalue weighted by molar-refractivity contribution is 5.99. The molecule has 5 nitrogen and oxygen atoms in total. The third kappa shape index (κ3) is 4.30. The van der Waals surface area contributed by atoms with E-state index in [1.54, 1.807) is 48.5 Å². The van der Waals surface area contributed by atoms with Gasteiger partial charge in [0.15, 0.2) is 6.61 Å². The Balaban J connectivity index is 1.54. The minimum Gasteiger partial charge on any atom is -0.482 e. The van der Waals surface area contributed by atoms with E-state index in [4.69, 9.17) is 4.74 Å². The number of nitrogens with one attached hydrogen (secondary N) is 1. The zero-order chi connectivity index (χ0) is 21.1. The van der Waals surface area contributed by atoms with Crippen LogP contribution in [0.4, 0.5) is 20.2 Å². The van der Waals surface area contributed by atoms with Crippen LogP contribution in [0.1, 0.15) is 11.1 Å². The molecule has 4 rings (SSSR count). The van der Waals surface area contributed by atoms with E-state index in [9.17, 15) is 18.4 Å². The standard InChI is InChI=1S/C23H18F2N2O3/c24-17-7-5-15(6-8-17)11-22(28)26-18-9-10-21-20(12-18)27(23(29)14-30-21)13-16-3-1-2-4-19(16)25/h1-10,12H,11,13-14H2,(H,26,28). The predicted octanol–water partition coefficient (Wildman–Crippen LogP) is 4.07. The molecule has 152 valence electrons. The summed E-state index contributed by atoms with van der Waals surface area (Å²) in [6.45, 7) is -0.0907. The van der Waals surface area contributed by atoms with E-state index in [0.717, 1.165) is 0 Å². The fourth-order valence-electron chi connectivity index (χ4n) is 3.24. The van der Waals surface area contributed by atoms with Crippen LogP contribution in [0.25, 0.3) is 0 Å². The number of carbonyl (C=O) groups is 2. The zero-order valence-electron chi connectivity index (χ0n) is 15.9. The molecule has 3 aromatic carbocycles. The Kier molecular flexibility index (Phi) is 5.43. The molecular formula is C23H18F2N2O3. The summed E-state index contributed by atoms with van der Waals surface area (Å²) in [5.41, 5.74) is 1.97. The van der Waals surface area contributed by atoms with Gasteiger partial charge in [0.2, 0.25) is 5.91 Å². The maximum atomic E-state index is 14.1. The first kappa shape index (κ1) is 19.6. The quantitative estimate of drug-likeness (QED) is 0.692. The second-order valence-electron chi connectivity index (χ2n) is 6.89. The summed E-state index contributed by atoms with van der Waals surface area (Å²) in [5, 5.41) is 2.77. The summed E-state index contributed by atoms with van der Waals surface area (Å²) >= 11 is 0. The number of fused-ring (bicyclic) bond motifs is 1. The third-order valence-corrected chi connectivity index (χ3v) is 4.75. The second-order valence-corrected chi connectivity index (χ2v) is 6.89. The smallest absolute Gasteiger partial charge is 0.265 e. The first-order chi connectivity index (χ1) is 14.5. The van der Waals surface area contributed by atoms with Gasteiger partial charge in [-0.3, -0.25) is 9.59 Å². The minimum absolute atomic E-state index is 0.0504. The summed E-state index contributed by atoms with van der Waals surface area (Å²) in [4.78, 5) is 26.2. The highest BCUT2D eigenvalue weighted by atomic mass is 19.1. The molecule has 1 heterocycles. The molecular weight excluding hydrogens is 390 g/mol. The van der Waals surface area contributed by atoms with E-state index >= 15 is 0 Å². The molecule has 0 saturated heterocycles. The molecule has 0 unspecified atom stereocenters. The molecule has 1 aliphatic heterocycles. The van der Waals surface area contributed by atoms with Crippen LogP contribution in [0, 0.1) is 11.6 Å². The van der Waals surface area contributed by atoms with Gasteiger partial charge < -0.3 is 15.0 Å². The van der Waals surface area contributed by atoms with Crippen molar-refractivity contribution in [2.75, 3.05) is 16.8 Å². The molecule has 3 aromatic rings. The number of nitrogens with zero attached hydrogens (tertiary/aromatic N) is 1. The Hall–Kier alpha value is -3.74. The Labute approximate surface area is 171 Å². The van der Waals surface area contributed by atoms with Crippen LogP contribution in [0.5, 0.6) is 5.75 Å². The number of anilines is 2. The maximum Gasteiger partial charge on any atom is 0.265 e. The number of halogens is 2. The summed E-state index contributed by atoms with van der Waals surface area (Å²) in [6, 6.07) is 16.9. The maximum absolute atomic E-state index is 14.1. The molecule has 30 heavy (non-hydrogen) atoms. The SMILES string of the molecule is O=C(Cc1ccc(F)cc1)Nc1ccc2c(c1)N(Cc1ccccc1F)C(=O)CO2. The minimum atomic E-state index is -0.401. The van der Waals surface area contributed by atoms with E-state index in [-0.39, 0.29) is 37.2 Å². The lowest BCUT2D eigenvalue weighted by Crippen LogP contribution is -2.38. The van der Waals surface area contributed by atoms with Crippen LogP contribution in [0.2, 0.25) is 0 Å². The van der Waals surface area contributed by atoms with Crippen LogP contribution < -0.4 is 15.0 Å². The van der Waals surface area contributed by atoms with Crippen LogP contribution in [0.15, 0.2) is 66.7 Å². The van der Waals surface area contributed by atoms with Gasteiger partial charge in [0.25, 0.3) is 5.91 Å². The van der Waals surface area contributed by atoms with Gasteiger partial charge in [-0.05, 0) is 42.0 Å². The van der Waals surface area contributed by atoms with Crippen LogP contribution in [-0.4, -0.2) is 18.4 Å². The number of hydrogen-bond donors (Lipinski definition) is 1. The zero-order valence-corrected chi connectivity index (χ0v) is 15.9. The second kappa shape index (κ2) is 8.32. The Morgan fingerprint density at radius 3 is 2.57 bits per heavy atom. The van der Waals surface area contributed by atoms with Crippen molar-refractivity contribution in [3.63, 3.8) is 0 Å². The number of amides is 2. The number of carbonyl (C=O) groups excluding carboxylic acids is 2. The van der Waals surface area contributed by atoms with Gasteiger partial charge in [-0.15, -0.1) is 0 Å². The normalized spacial score (nSPS) is 12.9. The van der Waals surface area contributed by atoms with Gasteiger partial charge in [-0.25, -0.2) is 8.78 Å². The average molecular weight is 408 g/mol. The molecule has 1 aliphatic rings. The molecule has 0 aromatic heterocycles. The molecule has 0 fully saturated rings.